The van der Waals surface area contributed by atoms with E-state index < -0.39 is 48.5 Å². The van der Waals surface area contributed by atoms with Crippen LogP contribution < -0.4 is 40.2 Å². The third kappa shape index (κ3) is 9.92. The zero-order valence-corrected chi connectivity index (χ0v) is 29.4. The summed E-state index contributed by atoms with van der Waals surface area (Å²) in [5.74, 6) is -0.719. The highest BCUT2D eigenvalue weighted by Gasteiger charge is 2.43. The van der Waals surface area contributed by atoms with Crippen LogP contribution >= 0.6 is 0 Å². The minimum atomic E-state index is -1.20. The van der Waals surface area contributed by atoms with Crippen LogP contribution in [0.25, 0.3) is 0 Å². The average molecular weight is 721 g/mol. The SMILES string of the molecule is CC(=O)N[C@@H](CC(=O)O)C(=O)NCCc1ccc2c(c1)OC(C1Oc3cc(CCNC(=O)[C@H](Cc4cnc[nH]4)NC(C)=O)ccc3OC1C)C(C)O2. The number of H-pyrrole nitrogens is 1. The molecule has 4 unspecified atom stereocenters. The molecule has 2 aromatic carbocycles. The lowest BCUT2D eigenvalue weighted by Crippen LogP contribution is -2.55. The number of nitrogens with zero attached hydrogens (tertiary/aromatic N) is 1. The molecule has 278 valence electrons. The van der Waals surface area contributed by atoms with Crippen molar-refractivity contribution >= 4 is 29.6 Å². The molecule has 0 spiro atoms. The number of amides is 4. The first-order valence-corrected chi connectivity index (χ1v) is 17.1. The number of nitrogens with one attached hydrogen (secondary N) is 5. The minimum Gasteiger partial charge on any atom is -0.483 e. The molecule has 16 nitrogen and oxygen atoms in total. The van der Waals surface area contributed by atoms with Gasteiger partial charge in [0.05, 0.1) is 12.7 Å². The van der Waals surface area contributed by atoms with Crippen molar-refractivity contribution in [2.45, 2.75) is 89.9 Å². The molecular weight excluding hydrogens is 676 g/mol. The molecule has 2 aliphatic heterocycles. The first-order chi connectivity index (χ1) is 24.9. The molecule has 0 aliphatic carbocycles. The zero-order valence-electron chi connectivity index (χ0n) is 29.4. The summed E-state index contributed by atoms with van der Waals surface area (Å²) in [5, 5.41) is 19.7. The molecule has 3 aromatic rings. The lowest BCUT2D eigenvalue weighted by atomic mass is 10.0. The molecule has 6 atom stereocenters. The van der Waals surface area contributed by atoms with E-state index >= 15 is 0 Å². The molecule has 16 heteroatoms. The van der Waals surface area contributed by atoms with Gasteiger partial charge in [-0.05, 0) is 62.1 Å². The summed E-state index contributed by atoms with van der Waals surface area (Å²) in [6.45, 7) is 6.91. The number of fused-ring (bicyclic) bond motifs is 2. The fourth-order valence-corrected chi connectivity index (χ4v) is 6.09. The molecule has 52 heavy (non-hydrogen) atoms. The quantitative estimate of drug-likeness (QED) is 0.131. The molecule has 0 radical (unpaired) electrons. The Morgan fingerprint density at radius 1 is 0.750 bits per heavy atom. The van der Waals surface area contributed by atoms with Crippen LogP contribution in [0.2, 0.25) is 0 Å². The fourth-order valence-electron chi connectivity index (χ4n) is 6.09. The second-order valence-electron chi connectivity index (χ2n) is 12.8. The number of hydrogen-bond acceptors (Lipinski definition) is 10. The number of imidazole rings is 1. The molecule has 2 aliphatic rings. The average Bonchev–Trinajstić information content (AvgIpc) is 3.60. The lowest BCUT2D eigenvalue weighted by molar-refractivity contribution is -0.140. The maximum atomic E-state index is 12.9. The van der Waals surface area contributed by atoms with Crippen LogP contribution in [0.15, 0.2) is 48.9 Å². The topological polar surface area (TPSA) is 219 Å². The summed E-state index contributed by atoms with van der Waals surface area (Å²) < 4.78 is 25.4. The zero-order chi connectivity index (χ0) is 37.4. The number of carboxylic acid groups (broad SMARTS) is 1. The summed E-state index contributed by atoms with van der Waals surface area (Å²) in [7, 11) is 0. The van der Waals surface area contributed by atoms with E-state index in [-0.39, 0.29) is 37.0 Å². The van der Waals surface area contributed by atoms with Gasteiger partial charge in [-0.3, -0.25) is 24.0 Å². The Balaban J connectivity index is 1.17. The lowest BCUT2D eigenvalue weighted by Gasteiger charge is -2.41. The maximum absolute atomic E-state index is 12.9. The van der Waals surface area contributed by atoms with E-state index in [2.05, 4.69) is 31.2 Å². The van der Waals surface area contributed by atoms with Crippen LogP contribution in [0.4, 0.5) is 0 Å². The number of aromatic nitrogens is 2. The van der Waals surface area contributed by atoms with Gasteiger partial charge in [0, 0.05) is 45.2 Å². The van der Waals surface area contributed by atoms with Gasteiger partial charge >= 0.3 is 5.97 Å². The Kier molecular flexibility index (Phi) is 12.2. The van der Waals surface area contributed by atoms with Crippen molar-refractivity contribution in [3.63, 3.8) is 0 Å². The van der Waals surface area contributed by atoms with Crippen molar-refractivity contribution in [1.82, 2.24) is 31.2 Å². The molecule has 0 saturated carbocycles. The summed E-state index contributed by atoms with van der Waals surface area (Å²) >= 11 is 0. The second-order valence-corrected chi connectivity index (χ2v) is 12.8. The highest BCUT2D eigenvalue weighted by Crippen LogP contribution is 2.41. The van der Waals surface area contributed by atoms with Crippen molar-refractivity contribution in [3.05, 3.63) is 65.7 Å². The molecular formula is C36H44N6O10. The van der Waals surface area contributed by atoms with Crippen LogP contribution in [0.5, 0.6) is 23.0 Å². The van der Waals surface area contributed by atoms with E-state index in [9.17, 15) is 24.0 Å². The number of carbonyl (C=O) groups is 5. The summed E-state index contributed by atoms with van der Waals surface area (Å²) in [5.41, 5.74) is 2.47. The van der Waals surface area contributed by atoms with Gasteiger partial charge in [-0.2, -0.15) is 0 Å². The first-order valence-electron chi connectivity index (χ1n) is 17.1. The van der Waals surface area contributed by atoms with Crippen LogP contribution in [-0.2, 0) is 43.2 Å². The second kappa shape index (κ2) is 16.9. The van der Waals surface area contributed by atoms with Gasteiger partial charge in [0.2, 0.25) is 23.6 Å². The number of benzene rings is 2. The predicted molar refractivity (Wildman–Crippen MR) is 185 cm³/mol. The monoisotopic (exact) mass is 720 g/mol. The molecule has 1 aromatic heterocycles. The van der Waals surface area contributed by atoms with Gasteiger partial charge in [-0.15, -0.1) is 0 Å². The van der Waals surface area contributed by atoms with Crippen molar-refractivity contribution in [2.24, 2.45) is 0 Å². The van der Waals surface area contributed by atoms with Crippen molar-refractivity contribution in [3.8, 4) is 23.0 Å². The number of aromatic amines is 1. The van der Waals surface area contributed by atoms with Crippen molar-refractivity contribution < 1.29 is 48.0 Å². The molecule has 4 amide bonds. The van der Waals surface area contributed by atoms with E-state index in [1.807, 2.05) is 44.2 Å². The largest absolute Gasteiger partial charge is 0.483 e. The first kappa shape index (κ1) is 37.5. The van der Waals surface area contributed by atoms with Crippen LogP contribution in [0.3, 0.4) is 0 Å². The number of carbonyl (C=O) groups excluding carboxylic acids is 4. The minimum absolute atomic E-state index is 0.203. The smallest absolute Gasteiger partial charge is 0.305 e. The van der Waals surface area contributed by atoms with Crippen LogP contribution in [0.1, 0.15) is 50.9 Å². The van der Waals surface area contributed by atoms with Gasteiger partial charge in [-0.1, -0.05) is 12.1 Å². The van der Waals surface area contributed by atoms with Crippen LogP contribution in [0, 0.1) is 0 Å². The molecule has 0 bridgehead atoms. The molecule has 3 heterocycles. The Labute approximate surface area is 300 Å². The molecule has 6 N–H and O–H groups in total. The Morgan fingerprint density at radius 2 is 1.25 bits per heavy atom. The van der Waals surface area contributed by atoms with Gasteiger partial charge in [-0.25, -0.2) is 4.98 Å². The van der Waals surface area contributed by atoms with Gasteiger partial charge in [0.15, 0.2) is 35.2 Å². The van der Waals surface area contributed by atoms with E-state index in [1.54, 1.807) is 12.3 Å². The third-order valence-corrected chi connectivity index (χ3v) is 8.59. The number of ether oxygens (including phenoxy) is 4. The fraction of sp³-hybridized carbons (Fsp3) is 0.444. The Morgan fingerprint density at radius 3 is 1.71 bits per heavy atom. The predicted octanol–water partition coefficient (Wildman–Crippen LogP) is 1.21. The summed E-state index contributed by atoms with van der Waals surface area (Å²) in [6.07, 6.45) is 1.96. The van der Waals surface area contributed by atoms with Crippen molar-refractivity contribution in [2.75, 3.05) is 13.1 Å². The van der Waals surface area contributed by atoms with Crippen LogP contribution in [-0.4, -0.2) is 94.3 Å². The van der Waals surface area contributed by atoms with Gasteiger partial charge in [0.1, 0.15) is 24.3 Å². The molecule has 5 rings (SSSR count). The number of hydrogen-bond donors (Lipinski definition) is 6. The molecule has 0 fully saturated rings. The highest BCUT2D eigenvalue weighted by molar-refractivity contribution is 5.90. The standard InChI is InChI=1S/C36H44N6O10/c1-19-33(34-20(2)50-29-8-6-24(14-31(29)52-34)10-12-39-36(48)27(16-32(45)46)42-22(4)44)51-30-13-23(5-7-28(30)49-19)9-11-38-35(47)26(41-21(3)43)15-25-17-37-18-40-25/h5-8,13-14,17-20,26-27,33-34H,9-12,15-16H2,1-4H3,(H,37,40)(H,38,47)(H,39,48)(H,41,43)(H,42,44)(H,45,46)/t19?,20?,26-,27-,33?,34?/m0/s1. The molecule has 0 saturated heterocycles. The number of rotatable bonds is 15. The van der Waals surface area contributed by atoms with E-state index in [0.717, 1.165) is 16.8 Å². The third-order valence-electron chi connectivity index (χ3n) is 8.59. The van der Waals surface area contributed by atoms with E-state index in [1.165, 1.54) is 20.2 Å². The van der Waals surface area contributed by atoms with Gasteiger partial charge < -0.3 is 50.3 Å². The Hall–Kier alpha value is -5.80. The van der Waals surface area contributed by atoms with Crippen molar-refractivity contribution in [1.29, 1.82) is 0 Å². The Bertz CT molecular complexity index is 1750. The van der Waals surface area contributed by atoms with E-state index in [4.69, 9.17) is 24.1 Å². The highest BCUT2D eigenvalue weighted by atomic mass is 16.6. The normalized spacial score (nSPS) is 19.8. The number of aliphatic carboxylic acids is 1. The summed E-state index contributed by atoms with van der Waals surface area (Å²) in [4.78, 5) is 66.6. The summed E-state index contributed by atoms with van der Waals surface area (Å²) in [6, 6.07) is 9.16. The maximum Gasteiger partial charge on any atom is 0.305 e. The number of carboxylic acids is 1. The van der Waals surface area contributed by atoms with Gasteiger partial charge in [0.25, 0.3) is 0 Å². The van der Waals surface area contributed by atoms with E-state index in [0.29, 0.717) is 42.4 Å².